The molecule has 0 saturated carbocycles. The Morgan fingerprint density at radius 3 is 2.59 bits per heavy atom. The zero-order valence-electron chi connectivity index (χ0n) is 11.1. The molecule has 0 spiro atoms. The molecule has 0 fully saturated rings. The molecule has 2 rings (SSSR count). The minimum atomic E-state index is 0.808. The number of anilines is 1. The van der Waals surface area contributed by atoms with Crippen LogP contribution in [0.1, 0.15) is 36.3 Å². The van der Waals surface area contributed by atoms with Crippen LogP contribution in [0, 0.1) is 0 Å². The molecule has 1 aromatic heterocycles. The van der Waals surface area contributed by atoms with Crippen molar-refractivity contribution < 1.29 is 0 Å². The molecule has 0 amide bonds. The van der Waals surface area contributed by atoms with Crippen LogP contribution in [0.4, 0.5) is 5.82 Å². The van der Waals surface area contributed by atoms with Gasteiger partial charge in [0, 0.05) is 18.3 Å². The highest BCUT2D eigenvalue weighted by molar-refractivity contribution is 5.46. The SMILES string of the molecule is CNc1nc(CN(C)C)nc2c1CCCCC2. The van der Waals surface area contributed by atoms with Crippen molar-refractivity contribution in [2.45, 2.75) is 38.6 Å². The van der Waals surface area contributed by atoms with Crippen LogP contribution in [0.2, 0.25) is 0 Å². The fourth-order valence-electron chi connectivity index (χ4n) is 2.38. The predicted octanol–water partition coefficient (Wildman–Crippen LogP) is 1.85. The smallest absolute Gasteiger partial charge is 0.144 e. The van der Waals surface area contributed by atoms with E-state index in [1.165, 1.54) is 30.5 Å². The second-order valence-electron chi connectivity index (χ2n) is 4.96. The lowest BCUT2D eigenvalue weighted by Gasteiger charge is -2.15. The van der Waals surface area contributed by atoms with Crippen LogP contribution in [-0.4, -0.2) is 36.0 Å². The fourth-order valence-corrected chi connectivity index (χ4v) is 2.38. The normalized spacial score (nSPS) is 15.5. The first-order valence-corrected chi connectivity index (χ1v) is 6.42. The molecular formula is C13H22N4. The number of rotatable bonds is 3. The average molecular weight is 234 g/mol. The summed E-state index contributed by atoms with van der Waals surface area (Å²) in [5.41, 5.74) is 2.60. The van der Waals surface area contributed by atoms with Gasteiger partial charge in [0.2, 0.25) is 0 Å². The third-order valence-electron chi connectivity index (χ3n) is 3.17. The van der Waals surface area contributed by atoms with E-state index >= 15 is 0 Å². The van der Waals surface area contributed by atoms with Gasteiger partial charge in [-0.3, -0.25) is 0 Å². The van der Waals surface area contributed by atoms with Crippen molar-refractivity contribution in [3.63, 3.8) is 0 Å². The van der Waals surface area contributed by atoms with E-state index in [9.17, 15) is 0 Å². The molecule has 0 aromatic carbocycles. The summed E-state index contributed by atoms with van der Waals surface area (Å²) in [6, 6.07) is 0. The molecule has 4 heteroatoms. The van der Waals surface area contributed by atoms with E-state index in [2.05, 4.69) is 15.2 Å². The number of nitrogens with zero attached hydrogens (tertiary/aromatic N) is 3. The van der Waals surface area contributed by atoms with Gasteiger partial charge in [0.05, 0.1) is 6.54 Å². The molecule has 94 valence electrons. The largest absolute Gasteiger partial charge is 0.373 e. The van der Waals surface area contributed by atoms with Gasteiger partial charge >= 0.3 is 0 Å². The Morgan fingerprint density at radius 2 is 1.88 bits per heavy atom. The van der Waals surface area contributed by atoms with Gasteiger partial charge in [0.1, 0.15) is 11.6 Å². The number of aryl methyl sites for hydroxylation is 1. The van der Waals surface area contributed by atoms with Crippen molar-refractivity contribution in [3.8, 4) is 0 Å². The van der Waals surface area contributed by atoms with Gasteiger partial charge in [-0.05, 0) is 39.8 Å². The summed E-state index contributed by atoms with van der Waals surface area (Å²) in [6.07, 6.45) is 6.05. The van der Waals surface area contributed by atoms with Crippen molar-refractivity contribution in [1.82, 2.24) is 14.9 Å². The number of fused-ring (bicyclic) bond motifs is 1. The molecule has 0 radical (unpaired) electrons. The molecule has 0 saturated heterocycles. The molecule has 1 aliphatic rings. The first-order chi connectivity index (χ1) is 8.20. The fraction of sp³-hybridized carbons (Fsp3) is 0.692. The van der Waals surface area contributed by atoms with Crippen molar-refractivity contribution in [3.05, 3.63) is 17.1 Å². The summed E-state index contributed by atoms with van der Waals surface area (Å²) in [6.45, 7) is 0.808. The summed E-state index contributed by atoms with van der Waals surface area (Å²) in [5.74, 6) is 1.97. The van der Waals surface area contributed by atoms with E-state index in [1.807, 2.05) is 21.1 Å². The molecule has 0 atom stereocenters. The number of aromatic nitrogens is 2. The van der Waals surface area contributed by atoms with Gasteiger partial charge in [-0.2, -0.15) is 0 Å². The van der Waals surface area contributed by atoms with Gasteiger partial charge < -0.3 is 10.2 Å². The van der Waals surface area contributed by atoms with E-state index in [4.69, 9.17) is 4.98 Å². The van der Waals surface area contributed by atoms with Crippen LogP contribution >= 0.6 is 0 Å². The van der Waals surface area contributed by atoms with Crippen LogP contribution in [0.5, 0.6) is 0 Å². The van der Waals surface area contributed by atoms with Crippen molar-refractivity contribution in [2.24, 2.45) is 0 Å². The summed E-state index contributed by atoms with van der Waals surface area (Å²) < 4.78 is 0. The highest BCUT2D eigenvalue weighted by Crippen LogP contribution is 2.24. The molecule has 0 bridgehead atoms. The first kappa shape index (κ1) is 12.3. The van der Waals surface area contributed by atoms with Crippen molar-refractivity contribution in [2.75, 3.05) is 26.5 Å². The van der Waals surface area contributed by atoms with Gasteiger partial charge in [0.25, 0.3) is 0 Å². The molecular weight excluding hydrogens is 212 g/mol. The molecule has 4 nitrogen and oxygen atoms in total. The Hall–Kier alpha value is -1.16. The standard InChI is InChI=1S/C13H22N4/c1-14-13-10-7-5-4-6-8-11(10)15-12(16-13)9-17(2)3/h4-9H2,1-3H3,(H,14,15,16). The molecule has 1 heterocycles. The van der Waals surface area contributed by atoms with Gasteiger partial charge in [-0.15, -0.1) is 0 Å². The zero-order valence-corrected chi connectivity index (χ0v) is 11.1. The molecule has 0 aliphatic heterocycles. The second kappa shape index (κ2) is 5.45. The second-order valence-corrected chi connectivity index (χ2v) is 4.96. The van der Waals surface area contributed by atoms with E-state index in [-0.39, 0.29) is 0 Å². The maximum atomic E-state index is 4.73. The van der Waals surface area contributed by atoms with Gasteiger partial charge in [-0.1, -0.05) is 6.42 Å². The summed E-state index contributed by atoms with van der Waals surface area (Å²) >= 11 is 0. The lowest BCUT2D eigenvalue weighted by molar-refractivity contribution is 0.389. The Balaban J connectivity index is 2.36. The predicted molar refractivity (Wildman–Crippen MR) is 70.2 cm³/mol. The lowest BCUT2D eigenvalue weighted by atomic mass is 10.1. The van der Waals surface area contributed by atoms with Crippen LogP contribution in [-0.2, 0) is 19.4 Å². The molecule has 1 aromatic rings. The summed E-state index contributed by atoms with van der Waals surface area (Å²) in [5, 5.41) is 3.23. The zero-order chi connectivity index (χ0) is 12.3. The van der Waals surface area contributed by atoms with E-state index in [0.717, 1.165) is 31.0 Å². The Kier molecular flexibility index (Phi) is 3.94. The average Bonchev–Trinajstić information content (AvgIpc) is 2.52. The molecule has 1 aliphatic carbocycles. The maximum Gasteiger partial charge on any atom is 0.144 e. The van der Waals surface area contributed by atoms with E-state index in [1.54, 1.807) is 0 Å². The minimum absolute atomic E-state index is 0.808. The summed E-state index contributed by atoms with van der Waals surface area (Å²) in [7, 11) is 6.05. The number of hydrogen-bond donors (Lipinski definition) is 1. The van der Waals surface area contributed by atoms with Crippen LogP contribution in [0.25, 0.3) is 0 Å². The van der Waals surface area contributed by atoms with Crippen molar-refractivity contribution >= 4 is 5.82 Å². The molecule has 17 heavy (non-hydrogen) atoms. The lowest BCUT2D eigenvalue weighted by Crippen LogP contribution is -2.16. The third kappa shape index (κ3) is 2.94. The highest BCUT2D eigenvalue weighted by atomic mass is 15.1. The molecule has 0 unspecified atom stereocenters. The Bertz CT molecular complexity index is 387. The van der Waals surface area contributed by atoms with Gasteiger partial charge in [0.15, 0.2) is 0 Å². The van der Waals surface area contributed by atoms with Crippen LogP contribution in [0.15, 0.2) is 0 Å². The number of nitrogens with one attached hydrogen (secondary N) is 1. The first-order valence-electron chi connectivity index (χ1n) is 6.42. The van der Waals surface area contributed by atoms with Crippen LogP contribution < -0.4 is 5.32 Å². The van der Waals surface area contributed by atoms with Crippen molar-refractivity contribution in [1.29, 1.82) is 0 Å². The Labute approximate surface area is 103 Å². The summed E-state index contributed by atoms with van der Waals surface area (Å²) in [4.78, 5) is 11.5. The Morgan fingerprint density at radius 1 is 1.12 bits per heavy atom. The molecule has 1 N–H and O–H groups in total. The quantitative estimate of drug-likeness (QED) is 0.810. The minimum Gasteiger partial charge on any atom is -0.373 e. The topological polar surface area (TPSA) is 41.1 Å². The highest BCUT2D eigenvalue weighted by Gasteiger charge is 2.16. The maximum absolute atomic E-state index is 4.73. The van der Waals surface area contributed by atoms with E-state index in [0.29, 0.717) is 0 Å². The van der Waals surface area contributed by atoms with Gasteiger partial charge in [-0.25, -0.2) is 9.97 Å². The van der Waals surface area contributed by atoms with Crippen LogP contribution in [0.3, 0.4) is 0 Å². The number of hydrogen-bond acceptors (Lipinski definition) is 4. The van der Waals surface area contributed by atoms with E-state index < -0.39 is 0 Å². The third-order valence-corrected chi connectivity index (χ3v) is 3.17. The monoisotopic (exact) mass is 234 g/mol.